The van der Waals surface area contributed by atoms with Gasteiger partial charge in [-0.05, 0) is 114 Å². The van der Waals surface area contributed by atoms with Gasteiger partial charge in [0.25, 0.3) is 0 Å². The molecule has 8 aromatic rings. The molecular formula is C66H59Cl2N7Na2O15S2. The molecule has 28 heteroatoms. The summed E-state index contributed by atoms with van der Waals surface area (Å²) in [6.45, 7) is 8.00. The number of cyclic esters (lactones) is 4. The number of hydrogen-bond acceptors (Lipinski definition) is 19. The number of ether oxygens (including phenoxy) is 2. The normalized spacial score (nSPS) is 16.5. The first-order valence-electron chi connectivity index (χ1n) is 27.3. The number of amidine groups is 4. The maximum Gasteiger partial charge on any atom is 1.00 e. The topological polar surface area (TPSA) is 362 Å². The van der Waals surface area contributed by atoms with Crippen LogP contribution in [0.4, 0.5) is 0 Å². The van der Waals surface area contributed by atoms with Gasteiger partial charge in [-0.15, -0.1) is 23.2 Å². The summed E-state index contributed by atoms with van der Waals surface area (Å²) in [6, 6.07) is 55.0. The number of aliphatic hydroxyl groups is 1. The zero-order valence-electron chi connectivity index (χ0n) is 51.0. The second-order valence-electron chi connectivity index (χ2n) is 19.5. The van der Waals surface area contributed by atoms with Crippen LogP contribution < -0.4 is 86.1 Å². The van der Waals surface area contributed by atoms with Gasteiger partial charge in [0.2, 0.25) is 0 Å². The third kappa shape index (κ3) is 23.0. The Morgan fingerprint density at radius 1 is 0.649 bits per heavy atom. The average molecular weight is 1370 g/mol. The fraction of sp³-hybridized carbons (Fsp3) is 0.152. The smallest absolute Gasteiger partial charge is 0.857 e. The minimum atomic E-state index is -2.27. The molecule has 5 aliphatic heterocycles. The van der Waals surface area contributed by atoms with Crippen molar-refractivity contribution in [1.29, 1.82) is 5.41 Å². The van der Waals surface area contributed by atoms with Crippen LogP contribution in [0.15, 0.2) is 197 Å². The number of oxime groups is 1. The number of halogens is 2. The molecule has 0 amide bonds. The number of aliphatic hydroxyl groups excluding tert-OH is 1. The summed E-state index contributed by atoms with van der Waals surface area (Å²) in [4.78, 5) is 64.7. The summed E-state index contributed by atoms with van der Waals surface area (Å²) in [5.41, 5.74) is 21.4. The summed E-state index contributed by atoms with van der Waals surface area (Å²) in [6.07, 6.45) is 3.46. The van der Waals surface area contributed by atoms with Crippen LogP contribution in [0.5, 0.6) is 0 Å². The summed E-state index contributed by atoms with van der Waals surface area (Å²) in [7, 11) is 0.750. The van der Waals surface area contributed by atoms with E-state index in [0.717, 1.165) is 84.6 Å². The molecule has 1 fully saturated rings. The molecule has 6 N–H and O–H groups in total. The van der Waals surface area contributed by atoms with E-state index in [1.807, 2.05) is 170 Å². The fourth-order valence-corrected chi connectivity index (χ4v) is 10.6. The van der Waals surface area contributed by atoms with E-state index in [1.54, 1.807) is 0 Å². The van der Waals surface area contributed by atoms with Gasteiger partial charge in [-0.1, -0.05) is 159 Å². The number of nitrogens with zero attached hydrogens (tertiary/aromatic N) is 4. The van der Waals surface area contributed by atoms with Crippen LogP contribution in [0.1, 0.15) is 55.6 Å². The van der Waals surface area contributed by atoms with Gasteiger partial charge in [0.05, 0.1) is 29.8 Å². The Hall–Kier alpha value is -7.76. The molecule has 6 aliphatic rings. The predicted octanol–water partition coefficient (Wildman–Crippen LogP) is 0.891. The third-order valence-corrected chi connectivity index (χ3v) is 15.4. The third-order valence-electron chi connectivity index (χ3n) is 13.7. The Balaban J connectivity index is 0.000000233. The number of alkyl halides is 2. The fourth-order valence-electron chi connectivity index (χ4n) is 9.18. The number of carbonyl (C=O) groups is 4. The van der Waals surface area contributed by atoms with Gasteiger partial charge in [0, 0.05) is 40.6 Å². The maximum absolute atomic E-state index is 11.4. The number of esters is 4. The first kappa shape index (κ1) is 78.7. The van der Waals surface area contributed by atoms with E-state index in [4.69, 9.17) is 63.2 Å². The number of nitrogens with one attached hydrogen (secondary N) is 1. The van der Waals surface area contributed by atoms with Crippen LogP contribution in [0, 0.1) is 27.4 Å². The Kier molecular flexibility index (Phi) is 33.3. The second-order valence-corrected chi connectivity index (χ2v) is 22.0. The van der Waals surface area contributed by atoms with E-state index in [0.29, 0.717) is 53.9 Å². The number of nitrogens with two attached hydrogens (primary N) is 2. The van der Waals surface area contributed by atoms with E-state index in [-0.39, 0.29) is 100 Å². The van der Waals surface area contributed by atoms with Crippen molar-refractivity contribution in [2.45, 2.75) is 37.0 Å². The quantitative estimate of drug-likeness (QED) is 0.0354. The molecule has 5 heterocycles. The molecule has 0 bridgehead atoms. The SMILES string of the molecule is C=c1ccccc1=C.C[O-].ClCc1ccccc1CCl.N=C1N=C(N)c2cc3ccccc3cc21.NC1=NC(=NO[N+](=O)[O-])c2cc3ccccc3cc21.O=C1C=CC(=O)O1.O=C1OC(=O)C2Cc3ccccc3CC12.O=S([O-])CO.O=S1Cc2ccccc2CO1.[Na+].[Na+]. The largest absolute Gasteiger partial charge is 1.00 e. The van der Waals surface area contributed by atoms with E-state index in [9.17, 15) is 33.5 Å². The van der Waals surface area contributed by atoms with Crippen LogP contribution in [-0.4, -0.2) is 83.4 Å². The number of carbonyl (C=O) groups excluding carboxylic acids is 4. The molecule has 1 saturated heterocycles. The van der Waals surface area contributed by atoms with Gasteiger partial charge >= 0.3 is 88.8 Å². The second kappa shape index (κ2) is 39.8. The molecule has 476 valence electrons. The number of benzene rings is 8. The number of fused-ring (bicyclic) bond motifs is 7. The van der Waals surface area contributed by atoms with Crippen LogP contribution >= 0.6 is 23.2 Å². The molecule has 22 nitrogen and oxygen atoms in total. The van der Waals surface area contributed by atoms with Gasteiger partial charge in [0.15, 0.2) is 22.0 Å². The van der Waals surface area contributed by atoms with Gasteiger partial charge in [-0.2, -0.15) is 17.0 Å². The Labute approximate surface area is 599 Å². The Morgan fingerprint density at radius 2 is 1.03 bits per heavy atom. The van der Waals surface area contributed by atoms with Crippen LogP contribution in [-0.2, 0) is 96.9 Å². The van der Waals surface area contributed by atoms with Crippen molar-refractivity contribution >= 4 is 127 Å². The zero-order valence-corrected chi connectivity index (χ0v) is 58.2. The average Bonchev–Trinajstić information content (AvgIpc) is 1.62. The van der Waals surface area contributed by atoms with Crippen molar-refractivity contribution in [1.82, 2.24) is 0 Å². The molecule has 8 aromatic carbocycles. The van der Waals surface area contributed by atoms with Crippen molar-refractivity contribution in [2.24, 2.45) is 38.4 Å². The molecule has 94 heavy (non-hydrogen) atoms. The molecule has 0 saturated carbocycles. The molecule has 14 rings (SSSR count). The number of hydrogen-bond donors (Lipinski definition) is 4. The van der Waals surface area contributed by atoms with Gasteiger partial charge in [0.1, 0.15) is 22.8 Å². The zero-order chi connectivity index (χ0) is 66.9. The van der Waals surface area contributed by atoms with E-state index in [1.165, 1.54) is 11.1 Å². The van der Waals surface area contributed by atoms with Crippen LogP contribution in [0.3, 0.4) is 0 Å². The molecule has 0 aromatic heterocycles. The summed E-state index contributed by atoms with van der Waals surface area (Å²) in [5, 5.41) is 42.2. The predicted molar refractivity (Wildman–Crippen MR) is 350 cm³/mol. The monoisotopic (exact) mass is 1370 g/mol. The van der Waals surface area contributed by atoms with E-state index < -0.39 is 45.1 Å². The minimum Gasteiger partial charge on any atom is -0.857 e. The summed E-state index contributed by atoms with van der Waals surface area (Å²) < 4.78 is 42.8. The van der Waals surface area contributed by atoms with Gasteiger partial charge in [-0.25, -0.2) is 28.9 Å². The number of aliphatic imine (C=N–C) groups is 2. The van der Waals surface area contributed by atoms with Crippen molar-refractivity contribution in [3.63, 3.8) is 0 Å². The van der Waals surface area contributed by atoms with Crippen molar-refractivity contribution < 1.29 is 125 Å². The maximum atomic E-state index is 11.4. The molecule has 4 unspecified atom stereocenters. The van der Waals surface area contributed by atoms with Crippen molar-refractivity contribution in [3.8, 4) is 0 Å². The Bertz CT molecular complexity index is 4230. The summed E-state index contributed by atoms with van der Waals surface area (Å²) >= 11 is 7.94. The molecule has 4 atom stereocenters. The van der Waals surface area contributed by atoms with E-state index in [2.05, 4.69) is 42.7 Å². The molecule has 0 spiro atoms. The minimum absolute atomic E-state index is 0. The number of rotatable bonds is 5. The molecule has 1 aliphatic carbocycles. The van der Waals surface area contributed by atoms with E-state index >= 15 is 0 Å². The first-order valence-corrected chi connectivity index (χ1v) is 30.9. The molecule has 0 radical (unpaired) electrons. The van der Waals surface area contributed by atoms with Crippen LogP contribution in [0.25, 0.3) is 34.7 Å². The summed E-state index contributed by atoms with van der Waals surface area (Å²) in [5.74, 6) is -0.411. The van der Waals surface area contributed by atoms with Crippen molar-refractivity contribution in [3.05, 3.63) is 258 Å². The van der Waals surface area contributed by atoms with Crippen molar-refractivity contribution in [2.75, 3.05) is 13.0 Å². The first-order chi connectivity index (χ1) is 44.3. The van der Waals surface area contributed by atoms with Crippen LogP contribution in [0.2, 0.25) is 0 Å². The molecular weight excluding hydrogens is 1310 g/mol. The van der Waals surface area contributed by atoms with Gasteiger partial charge in [-0.3, -0.25) is 23.4 Å². The van der Waals surface area contributed by atoms with Gasteiger partial charge < -0.3 is 35.7 Å². The standard InChI is InChI=1S/C12H8N4O3.C12H9N3.C12H10O3.C8H8Cl2.C8H8O2S.C8H8.C4H2O3.CH4O3S.CH3O.2Na/c13-11-9-5-7-3-1-2-4-8(7)6-10(9)12(14-11)15-19-16(17)18;2*13-11-9-5-7-3-1-2-4-8(7)6-10(9)12(14)15-11;9-5-7-3-1-2-4-8(7)6-10;9-11-6-8-4-2-1-3-7(8)5-10-11;1-7-5-3-4-6-8(7)2;5-3-1-2-4(6)7-3;2-1-5(3)4;1-2;;/h1-6H,(H2,13,14,15);1-6H,(H3,13,14,15);1-4,9-10H,5-6H2;1-4H,5-6H2;1-4H,5-6H2;3-6H,1-2H2;1-2H;2H,1H2,(H,3,4);1H3;;/q;;;;;;;;-1;2*+1/p-1. The Morgan fingerprint density at radius 3 is 1.45 bits per heavy atom.